The second-order valence-corrected chi connectivity index (χ2v) is 4.47. The Morgan fingerprint density at radius 2 is 1.60 bits per heavy atom. The van der Waals surface area contributed by atoms with Crippen LogP contribution in [0.25, 0.3) is 0 Å². The quantitative estimate of drug-likeness (QED) is 0.742. The summed E-state index contributed by atoms with van der Waals surface area (Å²) in [6, 6.07) is 11.5. The molecule has 5 heteroatoms. The predicted octanol–water partition coefficient (Wildman–Crippen LogP) is 1.93. The van der Waals surface area contributed by atoms with Crippen molar-refractivity contribution in [2.45, 2.75) is 6.92 Å². The first kappa shape index (κ1) is 13.6. The summed E-state index contributed by atoms with van der Waals surface area (Å²) in [6.45, 7) is 1.87. The minimum atomic E-state index is -0.505. The molecule has 0 bridgehead atoms. The fourth-order valence-electron chi connectivity index (χ4n) is 1.70. The van der Waals surface area contributed by atoms with E-state index in [2.05, 4.69) is 5.32 Å². The number of amides is 2. The minimum absolute atomic E-state index is 0.261. The van der Waals surface area contributed by atoms with E-state index in [1.807, 2.05) is 6.92 Å². The minimum Gasteiger partial charge on any atom is -0.398 e. The second-order valence-electron chi connectivity index (χ2n) is 4.47. The molecule has 0 spiro atoms. The van der Waals surface area contributed by atoms with Gasteiger partial charge in [0.05, 0.1) is 0 Å². The summed E-state index contributed by atoms with van der Waals surface area (Å²) in [5.41, 5.74) is 13.9. The van der Waals surface area contributed by atoms with Gasteiger partial charge in [0.1, 0.15) is 0 Å². The van der Waals surface area contributed by atoms with Gasteiger partial charge in [-0.25, -0.2) is 0 Å². The lowest BCUT2D eigenvalue weighted by Gasteiger charge is -2.07. The Hall–Kier alpha value is -2.82. The highest BCUT2D eigenvalue weighted by Crippen LogP contribution is 2.15. The normalized spacial score (nSPS) is 10.1. The summed E-state index contributed by atoms with van der Waals surface area (Å²) in [4.78, 5) is 23.0. The van der Waals surface area contributed by atoms with Crippen LogP contribution in [-0.4, -0.2) is 11.8 Å². The number of aryl methyl sites for hydroxylation is 1. The third-order valence-corrected chi connectivity index (χ3v) is 2.97. The smallest absolute Gasteiger partial charge is 0.255 e. The van der Waals surface area contributed by atoms with Gasteiger partial charge < -0.3 is 16.8 Å². The average molecular weight is 269 g/mol. The maximum Gasteiger partial charge on any atom is 0.255 e. The van der Waals surface area contributed by atoms with Crippen LogP contribution in [-0.2, 0) is 0 Å². The third kappa shape index (κ3) is 2.95. The number of carbonyl (C=O) groups excluding carboxylic acids is 2. The van der Waals surface area contributed by atoms with Gasteiger partial charge in [-0.05, 0) is 48.9 Å². The molecule has 2 amide bonds. The van der Waals surface area contributed by atoms with Crippen molar-refractivity contribution in [2.24, 2.45) is 5.73 Å². The first-order valence-corrected chi connectivity index (χ1v) is 6.04. The molecule has 20 heavy (non-hydrogen) atoms. The molecule has 0 aromatic heterocycles. The molecule has 0 aliphatic carbocycles. The van der Waals surface area contributed by atoms with Crippen LogP contribution in [0.15, 0.2) is 42.5 Å². The first-order chi connectivity index (χ1) is 9.47. The Bertz CT molecular complexity index is 663. The number of nitrogen functional groups attached to an aromatic ring is 1. The summed E-state index contributed by atoms with van der Waals surface area (Å²) in [7, 11) is 0. The number of anilines is 2. The number of rotatable bonds is 3. The molecule has 5 N–H and O–H groups in total. The monoisotopic (exact) mass is 269 g/mol. The van der Waals surface area contributed by atoms with Crippen molar-refractivity contribution in [1.29, 1.82) is 0 Å². The fraction of sp³-hybridized carbons (Fsp3) is 0.0667. The standard InChI is InChI=1S/C15H15N3O2/c1-9-2-3-11(8-13(9)16)15(20)18-12-6-4-10(5-7-12)14(17)19/h2-8H,16H2,1H3,(H2,17,19)(H,18,20). The molecule has 5 nitrogen and oxygen atoms in total. The van der Waals surface area contributed by atoms with Crippen LogP contribution in [0.2, 0.25) is 0 Å². The molecule has 0 saturated carbocycles. The predicted molar refractivity (Wildman–Crippen MR) is 78.5 cm³/mol. The highest BCUT2D eigenvalue weighted by molar-refractivity contribution is 6.05. The Morgan fingerprint density at radius 1 is 1.00 bits per heavy atom. The van der Waals surface area contributed by atoms with E-state index in [0.717, 1.165) is 5.56 Å². The SMILES string of the molecule is Cc1ccc(C(=O)Nc2ccc(C(N)=O)cc2)cc1N. The molecule has 0 atom stereocenters. The van der Waals surface area contributed by atoms with Crippen molar-refractivity contribution >= 4 is 23.2 Å². The van der Waals surface area contributed by atoms with Crippen molar-refractivity contribution in [3.05, 3.63) is 59.2 Å². The van der Waals surface area contributed by atoms with Crippen LogP contribution < -0.4 is 16.8 Å². The van der Waals surface area contributed by atoms with E-state index in [9.17, 15) is 9.59 Å². The van der Waals surface area contributed by atoms with Crippen LogP contribution in [0.4, 0.5) is 11.4 Å². The second kappa shape index (κ2) is 5.44. The highest BCUT2D eigenvalue weighted by atomic mass is 16.2. The maximum atomic E-state index is 12.0. The molecule has 2 rings (SSSR count). The summed E-state index contributed by atoms with van der Waals surface area (Å²) in [6.07, 6.45) is 0. The summed E-state index contributed by atoms with van der Waals surface area (Å²) in [5, 5.41) is 2.72. The molecule has 2 aromatic carbocycles. The number of hydrogen-bond donors (Lipinski definition) is 3. The first-order valence-electron chi connectivity index (χ1n) is 6.04. The summed E-state index contributed by atoms with van der Waals surface area (Å²) < 4.78 is 0. The van der Waals surface area contributed by atoms with Gasteiger partial charge >= 0.3 is 0 Å². The van der Waals surface area contributed by atoms with Crippen molar-refractivity contribution in [3.63, 3.8) is 0 Å². The largest absolute Gasteiger partial charge is 0.398 e. The Morgan fingerprint density at radius 3 is 2.15 bits per heavy atom. The van der Waals surface area contributed by atoms with Gasteiger partial charge in [-0.2, -0.15) is 0 Å². The van der Waals surface area contributed by atoms with Gasteiger partial charge in [-0.3, -0.25) is 9.59 Å². The maximum absolute atomic E-state index is 12.0. The van der Waals surface area contributed by atoms with E-state index in [0.29, 0.717) is 22.5 Å². The molecule has 0 fully saturated rings. The van der Waals surface area contributed by atoms with Crippen LogP contribution in [0.5, 0.6) is 0 Å². The van der Waals surface area contributed by atoms with Gasteiger partial charge in [0.15, 0.2) is 0 Å². The Kier molecular flexibility index (Phi) is 3.70. The van der Waals surface area contributed by atoms with Crippen LogP contribution in [0, 0.1) is 6.92 Å². The number of primary amides is 1. The van der Waals surface area contributed by atoms with Crippen molar-refractivity contribution in [3.8, 4) is 0 Å². The Balaban J connectivity index is 2.14. The van der Waals surface area contributed by atoms with E-state index in [-0.39, 0.29) is 5.91 Å². The number of hydrogen-bond acceptors (Lipinski definition) is 3. The fourth-order valence-corrected chi connectivity index (χ4v) is 1.70. The van der Waals surface area contributed by atoms with Gasteiger partial charge in [0.25, 0.3) is 5.91 Å². The Labute approximate surface area is 116 Å². The zero-order valence-corrected chi connectivity index (χ0v) is 11.0. The molecule has 0 saturated heterocycles. The molecule has 0 aliphatic heterocycles. The highest BCUT2D eigenvalue weighted by Gasteiger charge is 2.08. The number of benzene rings is 2. The van der Waals surface area contributed by atoms with E-state index in [4.69, 9.17) is 11.5 Å². The lowest BCUT2D eigenvalue weighted by molar-refractivity contribution is 0.0998. The van der Waals surface area contributed by atoms with E-state index in [1.54, 1.807) is 42.5 Å². The topological polar surface area (TPSA) is 98.2 Å². The molecule has 0 aliphatic rings. The van der Waals surface area contributed by atoms with E-state index in [1.165, 1.54) is 0 Å². The van der Waals surface area contributed by atoms with Crippen molar-refractivity contribution < 1.29 is 9.59 Å². The lowest BCUT2D eigenvalue weighted by Crippen LogP contribution is -2.13. The zero-order chi connectivity index (χ0) is 14.7. The average Bonchev–Trinajstić information content (AvgIpc) is 2.42. The van der Waals surface area contributed by atoms with Gasteiger partial charge in [-0.15, -0.1) is 0 Å². The van der Waals surface area contributed by atoms with Gasteiger partial charge in [-0.1, -0.05) is 6.07 Å². The van der Waals surface area contributed by atoms with Crippen LogP contribution in [0.3, 0.4) is 0 Å². The molecule has 0 unspecified atom stereocenters. The molecule has 102 valence electrons. The number of nitrogens with two attached hydrogens (primary N) is 2. The molecule has 2 aromatic rings. The molecule has 0 heterocycles. The summed E-state index contributed by atoms with van der Waals surface area (Å²) >= 11 is 0. The van der Waals surface area contributed by atoms with E-state index >= 15 is 0 Å². The molecular weight excluding hydrogens is 254 g/mol. The number of carbonyl (C=O) groups is 2. The van der Waals surface area contributed by atoms with Gasteiger partial charge in [0, 0.05) is 22.5 Å². The van der Waals surface area contributed by atoms with Crippen molar-refractivity contribution in [2.75, 3.05) is 11.1 Å². The van der Waals surface area contributed by atoms with Gasteiger partial charge in [0.2, 0.25) is 5.91 Å². The van der Waals surface area contributed by atoms with Crippen LogP contribution >= 0.6 is 0 Å². The summed E-state index contributed by atoms with van der Waals surface area (Å²) in [5.74, 6) is -0.766. The molecular formula is C15H15N3O2. The zero-order valence-electron chi connectivity index (χ0n) is 11.0. The van der Waals surface area contributed by atoms with Crippen molar-refractivity contribution in [1.82, 2.24) is 0 Å². The number of nitrogens with one attached hydrogen (secondary N) is 1. The van der Waals surface area contributed by atoms with Crippen LogP contribution in [0.1, 0.15) is 26.3 Å². The lowest BCUT2D eigenvalue weighted by atomic mass is 10.1. The molecule has 0 radical (unpaired) electrons. The van der Waals surface area contributed by atoms with E-state index < -0.39 is 5.91 Å². The third-order valence-electron chi connectivity index (χ3n) is 2.97.